The molecule has 0 aliphatic heterocycles. The van der Waals surface area contributed by atoms with Crippen molar-refractivity contribution in [2.45, 2.75) is 6.92 Å². The first kappa shape index (κ1) is 14.4. The van der Waals surface area contributed by atoms with Crippen LogP contribution in [-0.2, 0) is 4.79 Å². The summed E-state index contributed by atoms with van der Waals surface area (Å²) in [6.45, 7) is 1.81. The maximum Gasteiger partial charge on any atom is 0.0675 e. The average molecular weight is 185 g/mol. The van der Waals surface area contributed by atoms with Crippen molar-refractivity contribution in [3.05, 3.63) is 24.3 Å². The van der Waals surface area contributed by atoms with E-state index in [4.69, 9.17) is 0 Å². The second-order valence-corrected chi connectivity index (χ2v) is 3.89. The standard InChI is InChI=1S/C6H8O2.C4H12N/c1-2-3-4-5-6(7)8;1-5(2,3)4/h2-5H,1H3,(H,7,8);1-4H3/q;+1/p-1. The van der Waals surface area contributed by atoms with E-state index in [1.54, 1.807) is 19.1 Å². The maximum absolute atomic E-state index is 9.64. The predicted molar refractivity (Wildman–Crippen MR) is 52.9 cm³/mol. The lowest BCUT2D eigenvalue weighted by atomic mass is 10.4. The van der Waals surface area contributed by atoms with Crippen LogP contribution in [0, 0.1) is 0 Å². The van der Waals surface area contributed by atoms with Crippen molar-refractivity contribution in [2.75, 3.05) is 28.2 Å². The van der Waals surface area contributed by atoms with Crippen LogP contribution < -0.4 is 5.11 Å². The molecule has 13 heavy (non-hydrogen) atoms. The molecule has 3 nitrogen and oxygen atoms in total. The van der Waals surface area contributed by atoms with Gasteiger partial charge in [-0.25, -0.2) is 0 Å². The molecule has 0 fully saturated rings. The third kappa shape index (κ3) is 56.7. The van der Waals surface area contributed by atoms with Gasteiger partial charge < -0.3 is 14.4 Å². The van der Waals surface area contributed by atoms with Crippen molar-refractivity contribution in [1.82, 2.24) is 0 Å². The van der Waals surface area contributed by atoms with E-state index in [-0.39, 0.29) is 0 Å². The summed E-state index contributed by atoms with van der Waals surface area (Å²) in [5.41, 5.74) is 0. The van der Waals surface area contributed by atoms with Gasteiger partial charge in [0.2, 0.25) is 0 Å². The van der Waals surface area contributed by atoms with Crippen molar-refractivity contribution in [2.24, 2.45) is 0 Å². The molecule has 0 unspecified atom stereocenters. The van der Waals surface area contributed by atoms with E-state index in [2.05, 4.69) is 28.2 Å². The van der Waals surface area contributed by atoms with Crippen LogP contribution in [0.25, 0.3) is 0 Å². The van der Waals surface area contributed by atoms with Gasteiger partial charge in [-0.2, -0.15) is 0 Å². The lowest BCUT2D eigenvalue weighted by molar-refractivity contribution is -0.849. The molecule has 0 aliphatic carbocycles. The van der Waals surface area contributed by atoms with E-state index < -0.39 is 5.97 Å². The number of carbonyl (C=O) groups is 1. The minimum Gasteiger partial charge on any atom is -0.545 e. The Morgan fingerprint density at radius 3 is 1.77 bits per heavy atom. The molecule has 76 valence electrons. The number of aliphatic carboxylic acids is 1. The van der Waals surface area contributed by atoms with Crippen LogP contribution in [0.15, 0.2) is 24.3 Å². The fourth-order valence-electron chi connectivity index (χ4n) is 0.245. The Balaban J connectivity index is 0. The molecule has 0 atom stereocenters. The van der Waals surface area contributed by atoms with Gasteiger partial charge in [-0.15, -0.1) is 0 Å². The monoisotopic (exact) mass is 185 g/mol. The fraction of sp³-hybridized carbons (Fsp3) is 0.500. The molecule has 0 aromatic rings. The van der Waals surface area contributed by atoms with Crippen molar-refractivity contribution in [3.63, 3.8) is 0 Å². The van der Waals surface area contributed by atoms with Crippen LogP contribution >= 0.6 is 0 Å². The van der Waals surface area contributed by atoms with Gasteiger partial charge in [0, 0.05) is 0 Å². The Morgan fingerprint density at radius 1 is 1.15 bits per heavy atom. The van der Waals surface area contributed by atoms with E-state index in [1.807, 2.05) is 0 Å². The molecule has 0 amide bonds. The van der Waals surface area contributed by atoms with Gasteiger partial charge in [0.15, 0.2) is 0 Å². The van der Waals surface area contributed by atoms with E-state index in [0.717, 1.165) is 10.6 Å². The van der Waals surface area contributed by atoms with Crippen molar-refractivity contribution in [1.29, 1.82) is 0 Å². The predicted octanol–water partition coefficient (Wildman–Crippen LogP) is 0.191. The van der Waals surface area contributed by atoms with Gasteiger partial charge in [-0.3, -0.25) is 0 Å². The molecule has 0 aromatic heterocycles. The molecule has 0 N–H and O–H groups in total. The highest BCUT2D eigenvalue weighted by Crippen LogP contribution is 1.73. The first-order chi connectivity index (χ1) is 5.77. The first-order valence-electron chi connectivity index (χ1n) is 4.06. The molecule has 0 spiro atoms. The number of hydrogen-bond donors (Lipinski definition) is 0. The smallest absolute Gasteiger partial charge is 0.0675 e. The summed E-state index contributed by atoms with van der Waals surface area (Å²) in [5, 5.41) is 9.64. The van der Waals surface area contributed by atoms with Gasteiger partial charge in [0.05, 0.1) is 34.2 Å². The highest BCUT2D eigenvalue weighted by Gasteiger charge is 1.88. The van der Waals surface area contributed by atoms with Crippen LogP contribution in [0.1, 0.15) is 6.92 Å². The van der Waals surface area contributed by atoms with Crippen molar-refractivity contribution in [3.8, 4) is 0 Å². The van der Waals surface area contributed by atoms with E-state index in [1.165, 1.54) is 6.08 Å². The number of rotatable bonds is 2. The summed E-state index contributed by atoms with van der Waals surface area (Å²) >= 11 is 0. The van der Waals surface area contributed by atoms with Crippen LogP contribution in [0.3, 0.4) is 0 Å². The highest BCUT2D eigenvalue weighted by molar-refractivity contribution is 5.77. The van der Waals surface area contributed by atoms with Crippen LogP contribution in [0.4, 0.5) is 0 Å². The van der Waals surface area contributed by atoms with Crippen LogP contribution in [0.5, 0.6) is 0 Å². The Morgan fingerprint density at radius 2 is 1.54 bits per heavy atom. The Hall–Kier alpha value is -1.09. The zero-order valence-electron chi connectivity index (χ0n) is 9.07. The van der Waals surface area contributed by atoms with Crippen LogP contribution in [-0.4, -0.2) is 38.6 Å². The maximum atomic E-state index is 9.64. The van der Waals surface area contributed by atoms with Crippen LogP contribution in [0.2, 0.25) is 0 Å². The summed E-state index contributed by atoms with van der Waals surface area (Å²) in [6.07, 6.45) is 5.74. The Labute approximate surface area is 80.6 Å². The number of carboxylic acids is 1. The lowest BCUT2D eigenvalue weighted by Gasteiger charge is -2.14. The average Bonchev–Trinajstić information content (AvgIpc) is 1.83. The summed E-state index contributed by atoms with van der Waals surface area (Å²) in [7, 11) is 8.50. The molecule has 3 heteroatoms. The molecule has 0 bridgehead atoms. The summed E-state index contributed by atoms with van der Waals surface area (Å²) in [6, 6.07) is 0. The Bertz CT molecular complexity index is 182. The van der Waals surface area contributed by atoms with E-state index in [9.17, 15) is 9.90 Å². The number of nitrogens with zero attached hydrogens (tertiary/aromatic N) is 1. The van der Waals surface area contributed by atoms with Gasteiger partial charge in [-0.1, -0.05) is 18.2 Å². The second kappa shape index (κ2) is 7.55. The SMILES string of the molecule is CC=CC=CC(=O)[O-].C[N+](C)(C)C. The van der Waals surface area contributed by atoms with E-state index >= 15 is 0 Å². The number of hydrogen-bond acceptors (Lipinski definition) is 2. The minimum atomic E-state index is -1.16. The molecule has 0 saturated carbocycles. The van der Waals surface area contributed by atoms with Crippen molar-refractivity contribution >= 4 is 5.97 Å². The summed E-state index contributed by atoms with van der Waals surface area (Å²) in [5.74, 6) is -1.16. The Kier molecular flexibility index (Phi) is 8.39. The zero-order valence-corrected chi connectivity index (χ0v) is 9.07. The van der Waals surface area contributed by atoms with Gasteiger partial charge in [-0.05, 0) is 13.0 Å². The molecule has 0 radical (unpaired) electrons. The summed E-state index contributed by atoms with van der Waals surface area (Å²) in [4.78, 5) is 9.64. The number of carbonyl (C=O) groups excluding carboxylic acids is 1. The number of allylic oxidation sites excluding steroid dienone is 3. The molecular weight excluding hydrogens is 166 g/mol. The first-order valence-corrected chi connectivity index (χ1v) is 4.06. The highest BCUT2D eigenvalue weighted by atomic mass is 16.4. The topological polar surface area (TPSA) is 40.1 Å². The fourth-order valence-corrected chi connectivity index (χ4v) is 0.245. The largest absolute Gasteiger partial charge is 0.545 e. The minimum absolute atomic E-state index is 0.972. The van der Waals surface area contributed by atoms with Gasteiger partial charge in [0.25, 0.3) is 0 Å². The molecule has 0 saturated heterocycles. The lowest BCUT2D eigenvalue weighted by Crippen LogP contribution is -2.27. The normalized spacial score (nSPS) is 11.5. The zero-order chi connectivity index (χ0) is 10.9. The van der Waals surface area contributed by atoms with E-state index in [0.29, 0.717) is 0 Å². The quantitative estimate of drug-likeness (QED) is 0.350. The third-order valence-electron chi connectivity index (χ3n) is 0.536. The second-order valence-electron chi connectivity index (χ2n) is 3.89. The molecular formula is C10H19NO2. The third-order valence-corrected chi connectivity index (χ3v) is 0.536. The summed E-state index contributed by atoms with van der Waals surface area (Å²) < 4.78 is 1.00. The molecule has 0 aromatic carbocycles. The van der Waals surface area contributed by atoms with Gasteiger partial charge in [0.1, 0.15) is 0 Å². The molecule has 0 rings (SSSR count). The molecule has 0 aliphatic rings. The number of quaternary nitrogens is 1. The number of carboxylic acid groups (broad SMARTS) is 1. The van der Waals surface area contributed by atoms with Crippen molar-refractivity contribution < 1.29 is 14.4 Å². The molecule has 0 heterocycles. The van der Waals surface area contributed by atoms with Gasteiger partial charge >= 0.3 is 0 Å².